The average Bonchev–Trinajstić information content (AvgIpc) is 3.48. The number of anilines is 2. The molecule has 3 aromatic rings. The second kappa shape index (κ2) is 10.0. The number of pyridine rings is 1. The summed E-state index contributed by atoms with van der Waals surface area (Å²) in [5, 5.41) is 13.2. The lowest BCUT2D eigenvalue weighted by atomic mass is 10.0. The molecule has 0 bridgehead atoms. The van der Waals surface area contributed by atoms with Crippen LogP contribution in [0.1, 0.15) is 48.5 Å². The molecule has 1 fully saturated rings. The minimum atomic E-state index is -3.42. The van der Waals surface area contributed by atoms with E-state index in [0.717, 1.165) is 25.2 Å². The van der Waals surface area contributed by atoms with E-state index >= 15 is 0 Å². The van der Waals surface area contributed by atoms with E-state index in [1.54, 1.807) is 36.1 Å². The number of hydrogen-bond donors (Lipinski definition) is 2. The first-order chi connectivity index (χ1) is 18.0. The molecule has 0 spiro atoms. The monoisotopic (exact) mass is 542 g/mol. The van der Waals surface area contributed by atoms with E-state index in [1.165, 1.54) is 24.4 Å². The lowest BCUT2D eigenvalue weighted by Gasteiger charge is -2.27. The first kappa shape index (κ1) is 26.2. The summed E-state index contributed by atoms with van der Waals surface area (Å²) in [4.78, 5) is 21.5. The number of aliphatic hydroxyl groups is 1. The third-order valence-corrected chi connectivity index (χ3v) is 8.19. The number of amides is 1. The number of nitrogens with zero attached hydrogens (tertiary/aromatic N) is 3. The molecule has 200 valence electrons. The number of halogens is 2. The van der Waals surface area contributed by atoms with Gasteiger partial charge in [0.05, 0.1) is 22.8 Å². The Kier molecular flexibility index (Phi) is 6.93. The third-order valence-electron chi connectivity index (χ3n) is 7.08. The number of aliphatic hydroxyl groups excluding tert-OH is 1. The summed E-state index contributed by atoms with van der Waals surface area (Å²) in [5.41, 5.74) is 2.29. The summed E-state index contributed by atoms with van der Waals surface area (Å²) in [6.45, 7) is 2.46. The second-order valence-electron chi connectivity index (χ2n) is 9.79. The van der Waals surface area contributed by atoms with E-state index in [1.807, 2.05) is 4.90 Å². The van der Waals surface area contributed by atoms with Crippen molar-refractivity contribution >= 4 is 27.2 Å². The van der Waals surface area contributed by atoms with E-state index in [2.05, 4.69) is 10.3 Å². The Morgan fingerprint density at radius 3 is 2.50 bits per heavy atom. The molecule has 0 radical (unpaired) electrons. The Morgan fingerprint density at radius 2 is 1.87 bits per heavy atom. The number of sulfone groups is 1. The molecule has 1 unspecified atom stereocenters. The fourth-order valence-electron chi connectivity index (χ4n) is 5.32. The number of aromatic nitrogens is 1. The molecule has 1 amide bonds. The number of benzene rings is 2. The number of fused-ring (bicyclic) bond motifs is 1. The van der Waals surface area contributed by atoms with Gasteiger partial charge in [0.1, 0.15) is 29.7 Å². The second-order valence-corrected chi connectivity index (χ2v) is 11.8. The van der Waals surface area contributed by atoms with E-state index in [4.69, 9.17) is 0 Å². The quantitative estimate of drug-likeness (QED) is 0.487. The summed E-state index contributed by atoms with van der Waals surface area (Å²) < 4.78 is 51.5. The summed E-state index contributed by atoms with van der Waals surface area (Å²) >= 11 is 0. The van der Waals surface area contributed by atoms with E-state index < -0.39 is 33.7 Å². The molecule has 3 heterocycles. The van der Waals surface area contributed by atoms with Crippen molar-refractivity contribution in [3.05, 3.63) is 83.1 Å². The summed E-state index contributed by atoms with van der Waals surface area (Å²) in [5.74, 6) is -1.00. The van der Waals surface area contributed by atoms with Gasteiger partial charge in [-0.2, -0.15) is 0 Å². The van der Waals surface area contributed by atoms with E-state index in [-0.39, 0.29) is 23.4 Å². The van der Waals surface area contributed by atoms with Crippen molar-refractivity contribution in [2.45, 2.75) is 49.5 Å². The van der Waals surface area contributed by atoms with Gasteiger partial charge in [-0.25, -0.2) is 22.2 Å². The maximum absolute atomic E-state index is 13.8. The lowest BCUT2D eigenvalue weighted by molar-refractivity contribution is -0.125. The van der Waals surface area contributed by atoms with Gasteiger partial charge in [0.2, 0.25) is 5.91 Å². The Morgan fingerprint density at radius 1 is 1.13 bits per heavy atom. The van der Waals surface area contributed by atoms with Crippen molar-refractivity contribution in [1.82, 2.24) is 9.88 Å². The minimum Gasteiger partial charge on any atom is -0.379 e. The molecule has 5 rings (SSSR count). The highest BCUT2D eigenvalue weighted by Crippen LogP contribution is 2.38. The van der Waals surface area contributed by atoms with Gasteiger partial charge in [-0.05, 0) is 72.9 Å². The highest BCUT2D eigenvalue weighted by atomic mass is 32.2. The maximum atomic E-state index is 13.8. The molecule has 11 heteroatoms. The Bertz CT molecular complexity index is 1460. The molecule has 3 atom stereocenters. The van der Waals surface area contributed by atoms with Crippen LogP contribution in [-0.2, 0) is 21.2 Å². The van der Waals surface area contributed by atoms with Crippen LogP contribution in [0.5, 0.6) is 0 Å². The first-order valence-corrected chi connectivity index (χ1v) is 14.2. The summed E-state index contributed by atoms with van der Waals surface area (Å²) in [7, 11) is -3.42. The zero-order chi connectivity index (χ0) is 27.2. The molecular formula is C27H28F2N4O4S. The van der Waals surface area contributed by atoms with E-state index in [9.17, 15) is 27.1 Å². The van der Waals surface area contributed by atoms with Crippen LogP contribution in [-0.4, -0.2) is 48.3 Å². The molecule has 0 saturated carbocycles. The first-order valence-electron chi connectivity index (χ1n) is 12.3. The van der Waals surface area contributed by atoms with Crippen LogP contribution < -0.4 is 10.2 Å². The van der Waals surface area contributed by atoms with Gasteiger partial charge in [-0.3, -0.25) is 9.69 Å². The molecule has 1 saturated heterocycles. The molecule has 8 nitrogen and oxygen atoms in total. The summed E-state index contributed by atoms with van der Waals surface area (Å²) in [6, 6.07) is 10.6. The van der Waals surface area contributed by atoms with Gasteiger partial charge in [0, 0.05) is 25.4 Å². The van der Waals surface area contributed by atoms with Crippen LogP contribution in [0.2, 0.25) is 0 Å². The van der Waals surface area contributed by atoms with Crippen molar-refractivity contribution in [2.24, 2.45) is 0 Å². The van der Waals surface area contributed by atoms with Crippen LogP contribution in [0.4, 0.5) is 20.3 Å². The van der Waals surface area contributed by atoms with Crippen molar-refractivity contribution in [3.8, 4) is 0 Å². The van der Waals surface area contributed by atoms with Crippen molar-refractivity contribution in [3.63, 3.8) is 0 Å². The highest BCUT2D eigenvalue weighted by molar-refractivity contribution is 7.90. The van der Waals surface area contributed by atoms with E-state index in [0.29, 0.717) is 34.7 Å². The van der Waals surface area contributed by atoms with Gasteiger partial charge >= 0.3 is 0 Å². The Hall–Kier alpha value is -3.41. The lowest BCUT2D eigenvalue weighted by Crippen LogP contribution is -2.38. The molecule has 2 aliphatic rings. The highest BCUT2D eigenvalue weighted by Gasteiger charge is 2.38. The molecule has 38 heavy (non-hydrogen) atoms. The largest absolute Gasteiger partial charge is 0.379 e. The SMILES string of the molecule is CC(O)N1Cc2cc(S(C)(=O)=O)ccc2[C@@H]1C(=O)Nc1ccc(N2CCC[C@H]2c2cc(F)cc(F)c2)nc1. The number of carbonyl (C=O) groups excluding carboxylic acids is 1. The number of nitrogens with one attached hydrogen (secondary N) is 1. The number of carbonyl (C=O) groups is 1. The molecule has 2 aromatic carbocycles. The van der Waals surface area contributed by atoms with Gasteiger partial charge in [0.25, 0.3) is 0 Å². The normalized spacial score (nSPS) is 20.4. The summed E-state index contributed by atoms with van der Waals surface area (Å²) in [6.07, 6.45) is 3.28. The maximum Gasteiger partial charge on any atom is 0.246 e. The van der Waals surface area contributed by atoms with Crippen LogP contribution in [0, 0.1) is 11.6 Å². The zero-order valence-electron chi connectivity index (χ0n) is 20.9. The van der Waals surface area contributed by atoms with Crippen LogP contribution in [0.25, 0.3) is 0 Å². The van der Waals surface area contributed by atoms with Gasteiger partial charge in [-0.15, -0.1) is 0 Å². The van der Waals surface area contributed by atoms with Crippen LogP contribution >= 0.6 is 0 Å². The Labute approximate surface area is 219 Å². The minimum absolute atomic E-state index is 0.156. The van der Waals surface area contributed by atoms with Crippen molar-refractivity contribution < 1.29 is 27.1 Å². The Balaban J connectivity index is 1.35. The van der Waals surface area contributed by atoms with Crippen molar-refractivity contribution in [1.29, 1.82) is 0 Å². The van der Waals surface area contributed by atoms with Crippen molar-refractivity contribution in [2.75, 3.05) is 23.0 Å². The number of rotatable bonds is 6. The molecule has 2 aliphatic heterocycles. The van der Waals surface area contributed by atoms with Gasteiger partial charge in [-0.1, -0.05) is 6.07 Å². The molecule has 1 aromatic heterocycles. The number of hydrogen-bond acceptors (Lipinski definition) is 7. The average molecular weight is 543 g/mol. The topological polar surface area (TPSA) is 103 Å². The van der Waals surface area contributed by atoms with Crippen LogP contribution in [0.15, 0.2) is 59.6 Å². The standard InChI is InChI=1S/C27H28F2N4O4S/c1-16(34)33-15-18-12-22(38(2,36)37)6-7-23(18)26(33)27(35)31-21-5-8-25(30-14-21)32-9-3-4-24(32)17-10-19(28)13-20(29)11-17/h5-8,10-14,16,24,26,34H,3-4,9,15H2,1-2H3,(H,31,35)/t16?,24-,26+/m0/s1. The molecule has 0 aliphatic carbocycles. The molecular weight excluding hydrogens is 514 g/mol. The predicted molar refractivity (Wildman–Crippen MR) is 138 cm³/mol. The van der Waals surface area contributed by atoms with Crippen LogP contribution in [0.3, 0.4) is 0 Å². The zero-order valence-corrected chi connectivity index (χ0v) is 21.8. The molecule has 2 N–H and O–H groups in total. The predicted octanol–water partition coefficient (Wildman–Crippen LogP) is 3.94. The van der Waals surface area contributed by atoms with Gasteiger partial charge < -0.3 is 15.3 Å². The van der Waals surface area contributed by atoms with Gasteiger partial charge in [0.15, 0.2) is 9.84 Å². The fraction of sp³-hybridized carbons (Fsp3) is 0.333. The smallest absolute Gasteiger partial charge is 0.246 e. The fourth-order valence-corrected chi connectivity index (χ4v) is 5.99. The third kappa shape index (κ3) is 5.13.